The maximum absolute atomic E-state index is 13.3. The molecule has 0 aliphatic carbocycles. The molecule has 3 aromatic rings. The van der Waals surface area contributed by atoms with Gasteiger partial charge in [0.1, 0.15) is 0 Å². The van der Waals surface area contributed by atoms with E-state index in [-0.39, 0.29) is 5.57 Å². The number of benzene rings is 3. The largest absolute Gasteiger partial charge is 0.503 e. The first-order chi connectivity index (χ1) is 15.9. The Morgan fingerprint density at radius 1 is 0.970 bits per heavy atom. The molecule has 5 heteroatoms. The van der Waals surface area contributed by atoms with Crippen LogP contribution < -0.4 is 9.80 Å². The van der Waals surface area contributed by atoms with Crippen molar-refractivity contribution in [3.8, 4) is 0 Å². The standard InChI is InChI=1S/C28H26N2O3/c1-19-8-7-11-23(18-19)30-26(21-13-15-22(16-14-21)29(2)3)25(27(32)28(30)33)24(31)17-12-20-9-5-4-6-10-20/h4-18,26,32H,1-3H3/b17-12+. The molecule has 0 fully saturated rings. The van der Waals surface area contributed by atoms with Gasteiger partial charge in [-0.15, -0.1) is 0 Å². The minimum Gasteiger partial charge on any atom is -0.503 e. The molecule has 3 aromatic carbocycles. The van der Waals surface area contributed by atoms with Gasteiger partial charge in [-0.1, -0.05) is 60.7 Å². The van der Waals surface area contributed by atoms with E-state index in [2.05, 4.69) is 0 Å². The lowest BCUT2D eigenvalue weighted by molar-refractivity contribution is -0.117. The summed E-state index contributed by atoms with van der Waals surface area (Å²) in [5.41, 5.74) is 4.28. The first kappa shape index (κ1) is 22.1. The molecule has 0 saturated carbocycles. The molecule has 33 heavy (non-hydrogen) atoms. The summed E-state index contributed by atoms with van der Waals surface area (Å²) in [6.07, 6.45) is 3.10. The zero-order chi connectivity index (χ0) is 23.5. The fourth-order valence-corrected chi connectivity index (χ4v) is 4.00. The Balaban J connectivity index is 1.79. The molecule has 1 aliphatic heterocycles. The van der Waals surface area contributed by atoms with Crippen molar-refractivity contribution in [3.63, 3.8) is 0 Å². The molecule has 0 saturated heterocycles. The van der Waals surface area contributed by atoms with E-state index in [0.29, 0.717) is 5.69 Å². The van der Waals surface area contributed by atoms with E-state index in [9.17, 15) is 14.7 Å². The minimum atomic E-state index is -0.733. The molecule has 0 aromatic heterocycles. The number of nitrogens with zero attached hydrogens (tertiary/aromatic N) is 2. The van der Waals surface area contributed by atoms with Gasteiger partial charge >= 0.3 is 0 Å². The van der Waals surface area contributed by atoms with Crippen molar-refractivity contribution in [3.05, 3.63) is 113 Å². The molecule has 1 atom stereocenters. The Kier molecular flexibility index (Phi) is 6.13. The lowest BCUT2D eigenvalue weighted by Crippen LogP contribution is -2.31. The third-order valence-electron chi connectivity index (χ3n) is 5.71. The average molecular weight is 439 g/mol. The summed E-state index contributed by atoms with van der Waals surface area (Å²) >= 11 is 0. The summed E-state index contributed by atoms with van der Waals surface area (Å²) < 4.78 is 0. The van der Waals surface area contributed by atoms with E-state index in [1.54, 1.807) is 6.08 Å². The third kappa shape index (κ3) is 4.44. The zero-order valence-corrected chi connectivity index (χ0v) is 18.9. The Morgan fingerprint density at radius 3 is 2.30 bits per heavy atom. The second kappa shape index (κ2) is 9.17. The molecular formula is C28H26N2O3. The van der Waals surface area contributed by atoms with E-state index in [1.165, 1.54) is 11.0 Å². The van der Waals surface area contributed by atoms with Gasteiger partial charge in [-0.3, -0.25) is 14.5 Å². The number of ketones is 1. The van der Waals surface area contributed by atoms with Crippen molar-refractivity contribution in [2.24, 2.45) is 0 Å². The van der Waals surface area contributed by atoms with Crippen LogP contribution >= 0.6 is 0 Å². The van der Waals surface area contributed by atoms with Crippen molar-refractivity contribution in [2.45, 2.75) is 13.0 Å². The van der Waals surface area contributed by atoms with Gasteiger partial charge in [0.05, 0.1) is 11.6 Å². The molecule has 0 spiro atoms. The van der Waals surface area contributed by atoms with Crippen LogP contribution in [0.1, 0.15) is 22.7 Å². The molecule has 166 valence electrons. The second-order valence-electron chi connectivity index (χ2n) is 8.27. The number of carbonyl (C=O) groups excluding carboxylic acids is 2. The van der Waals surface area contributed by atoms with Crippen LogP contribution in [-0.2, 0) is 9.59 Å². The first-order valence-corrected chi connectivity index (χ1v) is 10.7. The van der Waals surface area contributed by atoms with E-state index in [0.717, 1.165) is 22.4 Å². The first-order valence-electron chi connectivity index (χ1n) is 10.7. The number of hydrogen-bond donors (Lipinski definition) is 1. The number of carbonyl (C=O) groups is 2. The summed E-state index contributed by atoms with van der Waals surface area (Å²) in [5.74, 6) is -1.50. The normalized spacial score (nSPS) is 16.0. The van der Waals surface area contributed by atoms with Crippen molar-refractivity contribution >= 4 is 29.1 Å². The lowest BCUT2D eigenvalue weighted by Gasteiger charge is -2.27. The summed E-state index contributed by atoms with van der Waals surface area (Å²) in [5, 5.41) is 10.8. The molecular weight excluding hydrogens is 412 g/mol. The lowest BCUT2D eigenvalue weighted by atomic mass is 9.95. The average Bonchev–Trinajstić information content (AvgIpc) is 3.09. The maximum atomic E-state index is 13.3. The second-order valence-corrected chi connectivity index (χ2v) is 8.27. The molecule has 1 N–H and O–H groups in total. The summed E-state index contributed by atoms with van der Waals surface area (Å²) in [6.45, 7) is 1.94. The Bertz CT molecular complexity index is 1240. The predicted octanol–water partition coefficient (Wildman–Crippen LogP) is 5.24. The fourth-order valence-electron chi connectivity index (χ4n) is 4.00. The van der Waals surface area contributed by atoms with Crippen LogP contribution in [0, 0.1) is 6.92 Å². The van der Waals surface area contributed by atoms with Crippen LogP contribution in [0.3, 0.4) is 0 Å². The molecule has 0 bridgehead atoms. The number of aliphatic hydroxyl groups is 1. The molecule has 4 rings (SSSR count). The monoisotopic (exact) mass is 438 g/mol. The summed E-state index contributed by atoms with van der Waals surface area (Å²) in [4.78, 5) is 30.0. The highest BCUT2D eigenvalue weighted by Gasteiger charge is 2.43. The smallest absolute Gasteiger partial charge is 0.294 e. The van der Waals surface area contributed by atoms with Crippen LogP contribution in [0.2, 0.25) is 0 Å². The number of aliphatic hydroxyl groups excluding tert-OH is 1. The topological polar surface area (TPSA) is 60.9 Å². The van der Waals surface area contributed by atoms with Gasteiger partial charge in [0.25, 0.3) is 5.91 Å². The van der Waals surface area contributed by atoms with E-state index >= 15 is 0 Å². The van der Waals surface area contributed by atoms with Crippen molar-refractivity contribution in [2.75, 3.05) is 23.9 Å². The van der Waals surface area contributed by atoms with Crippen molar-refractivity contribution in [1.82, 2.24) is 0 Å². The zero-order valence-electron chi connectivity index (χ0n) is 18.9. The predicted molar refractivity (Wildman–Crippen MR) is 132 cm³/mol. The molecule has 1 unspecified atom stereocenters. The highest BCUT2D eigenvalue weighted by Crippen LogP contribution is 2.41. The van der Waals surface area contributed by atoms with E-state index < -0.39 is 23.5 Å². The minimum absolute atomic E-state index is 0.0753. The molecule has 1 aliphatic rings. The molecule has 1 heterocycles. The van der Waals surface area contributed by atoms with Gasteiger partial charge < -0.3 is 10.0 Å². The van der Waals surface area contributed by atoms with Crippen LogP contribution in [-0.4, -0.2) is 30.9 Å². The van der Waals surface area contributed by atoms with Gasteiger partial charge in [0.2, 0.25) is 0 Å². The quantitative estimate of drug-likeness (QED) is 0.535. The third-order valence-corrected chi connectivity index (χ3v) is 5.71. The van der Waals surface area contributed by atoms with Crippen molar-refractivity contribution in [1.29, 1.82) is 0 Å². The molecule has 0 radical (unpaired) electrons. The Labute approximate surface area is 193 Å². The van der Waals surface area contributed by atoms with Crippen LogP contribution in [0.15, 0.2) is 96.3 Å². The number of amides is 1. The van der Waals surface area contributed by atoms with Gasteiger partial charge in [0, 0.05) is 25.5 Å². The fraction of sp³-hybridized carbons (Fsp3) is 0.143. The molecule has 1 amide bonds. The number of aryl methyl sites for hydroxylation is 1. The highest BCUT2D eigenvalue weighted by molar-refractivity contribution is 6.19. The van der Waals surface area contributed by atoms with Gasteiger partial charge in [0.15, 0.2) is 11.5 Å². The van der Waals surface area contributed by atoms with Gasteiger partial charge in [-0.2, -0.15) is 0 Å². The van der Waals surface area contributed by atoms with Gasteiger partial charge in [-0.25, -0.2) is 0 Å². The van der Waals surface area contributed by atoms with Crippen molar-refractivity contribution < 1.29 is 14.7 Å². The van der Waals surface area contributed by atoms with Crippen LogP contribution in [0.5, 0.6) is 0 Å². The van der Waals surface area contributed by atoms with Crippen LogP contribution in [0.25, 0.3) is 6.08 Å². The number of anilines is 2. The van der Waals surface area contributed by atoms with Gasteiger partial charge in [-0.05, 0) is 54.0 Å². The Morgan fingerprint density at radius 2 is 1.67 bits per heavy atom. The number of hydrogen-bond acceptors (Lipinski definition) is 4. The summed E-state index contributed by atoms with van der Waals surface area (Å²) in [6, 6.07) is 23.8. The number of allylic oxidation sites excluding steroid dienone is 1. The van der Waals surface area contributed by atoms with E-state index in [1.807, 2.05) is 105 Å². The van der Waals surface area contributed by atoms with Crippen LogP contribution in [0.4, 0.5) is 11.4 Å². The summed E-state index contributed by atoms with van der Waals surface area (Å²) in [7, 11) is 3.89. The Hall–Kier alpha value is -4.12. The molecule has 5 nitrogen and oxygen atoms in total. The highest BCUT2D eigenvalue weighted by atomic mass is 16.3. The maximum Gasteiger partial charge on any atom is 0.294 e. The number of rotatable bonds is 6. The SMILES string of the molecule is Cc1cccc(N2C(=O)C(O)=C(C(=O)/C=C/c3ccccc3)C2c2ccc(N(C)C)cc2)c1. The van der Waals surface area contributed by atoms with E-state index in [4.69, 9.17) is 0 Å².